The number of halogens is 1. The number of ether oxygens (including phenoxy) is 4. The van der Waals surface area contributed by atoms with Gasteiger partial charge in [-0.1, -0.05) is 43.4 Å². The van der Waals surface area contributed by atoms with E-state index >= 15 is 0 Å². The Kier molecular flexibility index (Phi) is 9.88. The number of carbonyl (C=O) groups excluding carboxylic acids is 1. The van der Waals surface area contributed by atoms with Crippen LogP contribution >= 0.6 is 22.6 Å². The molecule has 6 nitrogen and oxygen atoms in total. The van der Waals surface area contributed by atoms with Crippen LogP contribution in [0.4, 0.5) is 0 Å². The van der Waals surface area contributed by atoms with Crippen molar-refractivity contribution >= 4 is 37.6 Å². The first-order valence-corrected chi connectivity index (χ1v) is 16.6. The van der Waals surface area contributed by atoms with Crippen LogP contribution in [0.1, 0.15) is 65.7 Å². The van der Waals surface area contributed by atoms with E-state index in [1.54, 1.807) is 0 Å². The number of alkyl halides is 1. The lowest BCUT2D eigenvalue weighted by Gasteiger charge is -2.37. The third kappa shape index (κ3) is 7.03. The maximum Gasteiger partial charge on any atom is 0.305 e. The molecular formula is C25H43IO6Si. The number of carbonyl (C=O) groups is 1. The molecule has 2 heterocycles. The van der Waals surface area contributed by atoms with Gasteiger partial charge in [0.25, 0.3) is 0 Å². The Labute approximate surface area is 215 Å². The van der Waals surface area contributed by atoms with Gasteiger partial charge in [0.1, 0.15) is 5.60 Å². The first-order valence-electron chi connectivity index (χ1n) is 12.6. The van der Waals surface area contributed by atoms with Gasteiger partial charge < -0.3 is 23.4 Å². The van der Waals surface area contributed by atoms with Gasteiger partial charge in [-0.2, -0.15) is 0 Å². The molecule has 0 amide bonds. The molecule has 0 bridgehead atoms. The second kappa shape index (κ2) is 11.8. The summed E-state index contributed by atoms with van der Waals surface area (Å²) in [5, 5.41) is 0. The van der Waals surface area contributed by atoms with Crippen molar-refractivity contribution in [2.45, 2.75) is 107 Å². The largest absolute Gasteiger partial charge is 0.469 e. The number of hydrogen-bond acceptors (Lipinski definition) is 6. The summed E-state index contributed by atoms with van der Waals surface area (Å²) in [5.74, 6) is 0.128. The fraction of sp³-hybridized carbons (Fsp3) is 0.880. The number of rotatable bonds is 10. The second-order valence-electron chi connectivity index (χ2n) is 11.1. The van der Waals surface area contributed by atoms with Crippen LogP contribution in [-0.4, -0.2) is 63.4 Å². The number of esters is 1. The molecule has 0 aromatic heterocycles. The van der Waals surface area contributed by atoms with Gasteiger partial charge >= 0.3 is 5.97 Å². The molecule has 8 heteroatoms. The van der Waals surface area contributed by atoms with Crippen molar-refractivity contribution in [3.63, 3.8) is 0 Å². The molecule has 33 heavy (non-hydrogen) atoms. The topological polar surface area (TPSA) is 63.2 Å². The molecule has 1 aliphatic carbocycles. The fourth-order valence-corrected chi connectivity index (χ4v) is 6.92. The van der Waals surface area contributed by atoms with Gasteiger partial charge in [0.05, 0.1) is 25.9 Å². The predicted octanol–water partition coefficient (Wildman–Crippen LogP) is 5.18. The molecule has 0 N–H and O–H groups in total. The van der Waals surface area contributed by atoms with Gasteiger partial charge in [0.2, 0.25) is 0 Å². The third-order valence-electron chi connectivity index (χ3n) is 6.96. The minimum absolute atomic E-state index is 0.0538. The number of hydrogen-bond donors (Lipinski definition) is 0. The maximum atomic E-state index is 11.6. The summed E-state index contributed by atoms with van der Waals surface area (Å²) in [6.45, 7) is 12.7. The van der Waals surface area contributed by atoms with Gasteiger partial charge in [0, 0.05) is 29.3 Å². The van der Waals surface area contributed by atoms with E-state index in [2.05, 4.69) is 62.5 Å². The van der Waals surface area contributed by atoms with Crippen molar-refractivity contribution in [1.29, 1.82) is 0 Å². The SMILES string of the molecule is COC(=O)CCCC(I)C1(CO[SiH](C)C)C=C2[C@H](C[C@@H](OC3CCCCO3)[C@H]2C(C)(C)C)O1. The summed E-state index contributed by atoms with van der Waals surface area (Å²) < 4.78 is 30.6. The molecule has 0 spiro atoms. The Balaban J connectivity index is 1.80. The van der Waals surface area contributed by atoms with Gasteiger partial charge in [0.15, 0.2) is 15.3 Å². The molecule has 190 valence electrons. The summed E-state index contributed by atoms with van der Waals surface area (Å²) in [6, 6.07) is 0. The minimum Gasteiger partial charge on any atom is -0.469 e. The van der Waals surface area contributed by atoms with Crippen molar-refractivity contribution in [2.75, 3.05) is 20.3 Å². The van der Waals surface area contributed by atoms with Gasteiger partial charge in [-0.05, 0) is 62.3 Å². The van der Waals surface area contributed by atoms with Crippen molar-refractivity contribution in [1.82, 2.24) is 0 Å². The molecule has 1 saturated heterocycles. The number of methoxy groups -OCH3 is 1. The molecule has 6 atom stereocenters. The lowest BCUT2D eigenvalue weighted by Crippen LogP contribution is -2.45. The zero-order valence-electron chi connectivity index (χ0n) is 21.2. The van der Waals surface area contributed by atoms with Crippen LogP contribution in [0.5, 0.6) is 0 Å². The zero-order valence-corrected chi connectivity index (χ0v) is 24.5. The van der Waals surface area contributed by atoms with E-state index in [1.807, 2.05) is 0 Å². The molecule has 0 aromatic rings. The predicted molar refractivity (Wildman–Crippen MR) is 140 cm³/mol. The van der Waals surface area contributed by atoms with E-state index in [4.69, 9.17) is 23.4 Å². The average Bonchev–Trinajstić information content (AvgIpc) is 3.26. The van der Waals surface area contributed by atoms with Crippen LogP contribution in [0, 0.1) is 11.3 Å². The van der Waals surface area contributed by atoms with E-state index in [9.17, 15) is 4.79 Å². The van der Waals surface area contributed by atoms with Crippen LogP contribution in [0.15, 0.2) is 11.6 Å². The first kappa shape index (κ1) is 27.6. The van der Waals surface area contributed by atoms with E-state index in [1.165, 1.54) is 19.1 Å². The first-order chi connectivity index (χ1) is 15.6. The minimum atomic E-state index is -1.21. The maximum absolute atomic E-state index is 11.6. The van der Waals surface area contributed by atoms with Crippen LogP contribution in [0.3, 0.4) is 0 Å². The quantitative estimate of drug-likeness (QED) is 0.114. The molecule has 0 radical (unpaired) electrons. The monoisotopic (exact) mass is 594 g/mol. The van der Waals surface area contributed by atoms with E-state index in [-0.39, 0.29) is 39.7 Å². The summed E-state index contributed by atoms with van der Waals surface area (Å²) in [7, 11) is 0.239. The Morgan fingerprint density at radius 1 is 1.33 bits per heavy atom. The molecule has 3 unspecified atom stereocenters. The molecular weight excluding hydrogens is 551 g/mol. The summed E-state index contributed by atoms with van der Waals surface area (Å²) in [6.07, 6.45) is 8.68. The highest BCUT2D eigenvalue weighted by Crippen LogP contribution is 2.53. The van der Waals surface area contributed by atoms with Crippen molar-refractivity contribution in [3.05, 3.63) is 11.6 Å². The second-order valence-corrected chi connectivity index (χ2v) is 15.0. The molecule has 1 saturated carbocycles. The van der Waals surface area contributed by atoms with Gasteiger partial charge in [-0.15, -0.1) is 0 Å². The average molecular weight is 595 g/mol. The van der Waals surface area contributed by atoms with E-state index < -0.39 is 14.6 Å². The molecule has 3 rings (SSSR count). The van der Waals surface area contributed by atoms with Crippen molar-refractivity contribution < 1.29 is 28.2 Å². The lowest BCUT2D eigenvalue weighted by atomic mass is 9.75. The molecule has 0 aromatic carbocycles. The number of fused-ring (bicyclic) bond motifs is 1. The Bertz CT molecular complexity index is 687. The van der Waals surface area contributed by atoms with Crippen LogP contribution < -0.4 is 0 Å². The Morgan fingerprint density at radius 2 is 2.09 bits per heavy atom. The van der Waals surface area contributed by atoms with Crippen molar-refractivity contribution in [2.24, 2.45) is 11.3 Å². The summed E-state index contributed by atoms with van der Waals surface area (Å²) >= 11 is 2.50. The van der Waals surface area contributed by atoms with Gasteiger partial charge in [-0.25, -0.2) is 0 Å². The molecule has 2 aliphatic heterocycles. The van der Waals surface area contributed by atoms with Crippen LogP contribution in [-0.2, 0) is 28.2 Å². The molecule has 2 fully saturated rings. The smallest absolute Gasteiger partial charge is 0.305 e. The Morgan fingerprint density at radius 3 is 2.70 bits per heavy atom. The molecule has 3 aliphatic rings. The highest BCUT2D eigenvalue weighted by molar-refractivity contribution is 14.1. The fourth-order valence-electron chi connectivity index (χ4n) is 5.38. The highest BCUT2D eigenvalue weighted by Gasteiger charge is 2.55. The summed E-state index contributed by atoms with van der Waals surface area (Å²) in [4.78, 5) is 11.6. The van der Waals surface area contributed by atoms with E-state index in [0.717, 1.165) is 38.7 Å². The Hall–Kier alpha value is -0.00312. The van der Waals surface area contributed by atoms with Crippen LogP contribution in [0.25, 0.3) is 0 Å². The normalized spacial score (nSPS) is 33.2. The standard InChI is InChI=1S/C25H43IO6Si/c1-24(2,3)23-17-15-25(16-30-33(5)6,20(26)10-9-11-21(27)28-4)32-18(17)14-19(23)31-22-12-7-8-13-29-22/h15,18-20,22-23,33H,7-14,16H2,1-6H3/t18-,19+,20?,22?,23-,25?/m0/s1. The lowest BCUT2D eigenvalue weighted by molar-refractivity contribution is -0.201. The summed E-state index contributed by atoms with van der Waals surface area (Å²) in [5.41, 5.74) is 0.967. The van der Waals surface area contributed by atoms with Crippen molar-refractivity contribution in [3.8, 4) is 0 Å². The highest BCUT2D eigenvalue weighted by atomic mass is 127. The third-order valence-corrected chi connectivity index (χ3v) is 9.47. The van der Waals surface area contributed by atoms with E-state index in [0.29, 0.717) is 13.0 Å². The van der Waals surface area contributed by atoms with Crippen LogP contribution in [0.2, 0.25) is 13.1 Å². The zero-order chi connectivity index (χ0) is 24.2. The van der Waals surface area contributed by atoms with Gasteiger partial charge in [-0.3, -0.25) is 4.79 Å².